The number of benzene rings is 1. The molecule has 3 nitrogen and oxygen atoms in total. The van der Waals surface area contributed by atoms with Gasteiger partial charge in [0.05, 0.1) is 0 Å². The van der Waals surface area contributed by atoms with Crippen LogP contribution in [0.5, 0.6) is 5.75 Å². The second-order valence-corrected chi connectivity index (χ2v) is 7.54. The van der Waals surface area contributed by atoms with Gasteiger partial charge in [-0.1, -0.05) is 75.5 Å². The smallest absolute Gasteiger partial charge is 0.260 e. The van der Waals surface area contributed by atoms with Crippen molar-refractivity contribution in [2.24, 2.45) is 0 Å². The summed E-state index contributed by atoms with van der Waals surface area (Å²) < 4.78 is 5.80. The molecule has 1 aromatic rings. The van der Waals surface area contributed by atoms with Crippen molar-refractivity contribution in [3.05, 3.63) is 29.8 Å². The van der Waals surface area contributed by atoms with Crippen molar-refractivity contribution in [2.75, 3.05) is 0 Å². The predicted molar refractivity (Wildman–Crippen MR) is 104 cm³/mol. The first-order valence-corrected chi connectivity index (χ1v) is 10.2. The molecule has 1 aliphatic rings. The van der Waals surface area contributed by atoms with Gasteiger partial charge in [0, 0.05) is 6.04 Å². The Morgan fingerprint density at radius 3 is 1.92 bits per heavy atom. The van der Waals surface area contributed by atoms with Gasteiger partial charge in [-0.05, 0) is 38.8 Å². The summed E-state index contributed by atoms with van der Waals surface area (Å²) in [5.74, 6) is 0.768. The maximum Gasteiger partial charge on any atom is 0.260 e. The van der Waals surface area contributed by atoms with Gasteiger partial charge in [-0.3, -0.25) is 4.79 Å². The molecule has 1 fully saturated rings. The molecule has 1 amide bonds. The Labute approximate surface area is 153 Å². The topological polar surface area (TPSA) is 38.3 Å². The molecular weight excluding hydrogens is 310 g/mol. The number of amides is 1. The summed E-state index contributed by atoms with van der Waals surface area (Å²) in [6.45, 7) is 3.88. The molecule has 3 heteroatoms. The van der Waals surface area contributed by atoms with Crippen molar-refractivity contribution in [1.82, 2.24) is 5.32 Å². The number of aryl methyl sites for hydroxylation is 1. The molecule has 1 saturated carbocycles. The number of carbonyl (C=O) groups is 1. The van der Waals surface area contributed by atoms with E-state index in [1.807, 2.05) is 38.1 Å². The highest BCUT2D eigenvalue weighted by atomic mass is 16.5. The van der Waals surface area contributed by atoms with Crippen molar-refractivity contribution in [3.63, 3.8) is 0 Å². The van der Waals surface area contributed by atoms with Crippen LogP contribution in [-0.2, 0) is 4.79 Å². The maximum absolute atomic E-state index is 12.5. The molecule has 0 saturated heterocycles. The minimum absolute atomic E-state index is 0.0117. The second kappa shape index (κ2) is 11.2. The standard InChI is InChI=1S/C22H35NO2/c1-18-14-16-21(17-15-18)25-19(2)22(24)23-20-12-10-8-6-4-3-5-7-9-11-13-20/h14-17,19-20H,3-13H2,1-2H3,(H,23,24). The number of rotatable bonds is 4. The Morgan fingerprint density at radius 1 is 0.920 bits per heavy atom. The molecule has 0 radical (unpaired) electrons. The summed E-state index contributed by atoms with van der Waals surface area (Å²) >= 11 is 0. The molecule has 1 N–H and O–H groups in total. The first-order chi connectivity index (χ1) is 12.1. The summed E-state index contributed by atoms with van der Waals surface area (Å²) in [5.41, 5.74) is 1.19. The second-order valence-electron chi connectivity index (χ2n) is 7.54. The van der Waals surface area contributed by atoms with E-state index in [1.165, 1.54) is 63.4 Å². The van der Waals surface area contributed by atoms with Gasteiger partial charge in [-0.15, -0.1) is 0 Å². The van der Waals surface area contributed by atoms with E-state index in [0.717, 1.165) is 18.6 Å². The van der Waals surface area contributed by atoms with E-state index in [1.54, 1.807) is 0 Å². The molecule has 0 heterocycles. The zero-order chi connectivity index (χ0) is 17.9. The van der Waals surface area contributed by atoms with Crippen LogP contribution in [0.2, 0.25) is 0 Å². The largest absolute Gasteiger partial charge is 0.481 e. The van der Waals surface area contributed by atoms with E-state index in [2.05, 4.69) is 5.32 Å². The van der Waals surface area contributed by atoms with Crippen LogP contribution in [0.3, 0.4) is 0 Å². The third kappa shape index (κ3) is 7.94. The lowest BCUT2D eigenvalue weighted by Gasteiger charge is -2.22. The highest BCUT2D eigenvalue weighted by molar-refractivity contribution is 5.81. The molecule has 25 heavy (non-hydrogen) atoms. The molecule has 1 aromatic carbocycles. The maximum atomic E-state index is 12.5. The van der Waals surface area contributed by atoms with E-state index >= 15 is 0 Å². The monoisotopic (exact) mass is 345 g/mol. The first kappa shape index (κ1) is 19.8. The van der Waals surface area contributed by atoms with Crippen LogP contribution >= 0.6 is 0 Å². The molecule has 1 aliphatic carbocycles. The fourth-order valence-corrected chi connectivity index (χ4v) is 3.50. The minimum Gasteiger partial charge on any atom is -0.481 e. The number of nitrogens with one attached hydrogen (secondary N) is 1. The number of ether oxygens (including phenoxy) is 1. The molecule has 2 rings (SSSR count). The summed E-state index contributed by atoms with van der Waals surface area (Å²) in [6, 6.07) is 8.17. The van der Waals surface area contributed by atoms with Gasteiger partial charge in [-0.2, -0.15) is 0 Å². The third-order valence-electron chi connectivity index (χ3n) is 5.15. The van der Waals surface area contributed by atoms with Crippen molar-refractivity contribution >= 4 is 5.91 Å². The quantitative estimate of drug-likeness (QED) is 0.776. The van der Waals surface area contributed by atoms with Crippen molar-refractivity contribution < 1.29 is 9.53 Å². The highest BCUT2D eigenvalue weighted by Gasteiger charge is 2.19. The molecule has 0 bridgehead atoms. The normalized spacial score (nSPS) is 19.3. The average Bonchev–Trinajstić information content (AvgIpc) is 2.59. The van der Waals surface area contributed by atoms with Gasteiger partial charge in [0.25, 0.3) is 5.91 Å². The minimum atomic E-state index is -0.455. The fourth-order valence-electron chi connectivity index (χ4n) is 3.50. The lowest BCUT2D eigenvalue weighted by Crippen LogP contribution is -2.42. The highest BCUT2D eigenvalue weighted by Crippen LogP contribution is 2.18. The zero-order valence-electron chi connectivity index (χ0n) is 16.1. The number of hydrogen-bond donors (Lipinski definition) is 1. The van der Waals surface area contributed by atoms with Gasteiger partial charge in [0.1, 0.15) is 5.75 Å². The molecule has 0 aliphatic heterocycles. The Bertz CT molecular complexity index is 485. The van der Waals surface area contributed by atoms with E-state index in [-0.39, 0.29) is 5.91 Å². The van der Waals surface area contributed by atoms with E-state index in [4.69, 9.17) is 4.74 Å². The summed E-state index contributed by atoms with van der Waals surface area (Å²) in [4.78, 5) is 12.5. The van der Waals surface area contributed by atoms with Gasteiger partial charge in [0.2, 0.25) is 0 Å². The van der Waals surface area contributed by atoms with Gasteiger partial charge < -0.3 is 10.1 Å². The van der Waals surface area contributed by atoms with Gasteiger partial charge in [-0.25, -0.2) is 0 Å². The summed E-state index contributed by atoms with van der Waals surface area (Å²) in [5, 5.41) is 3.24. The predicted octanol–water partition coefficient (Wildman–Crippen LogP) is 5.55. The van der Waals surface area contributed by atoms with Gasteiger partial charge >= 0.3 is 0 Å². The lowest BCUT2D eigenvalue weighted by atomic mass is 9.98. The van der Waals surface area contributed by atoms with Crippen molar-refractivity contribution in [1.29, 1.82) is 0 Å². The van der Waals surface area contributed by atoms with Crippen LogP contribution in [0.4, 0.5) is 0 Å². The Balaban J connectivity index is 1.81. The molecule has 1 unspecified atom stereocenters. The molecule has 140 valence electrons. The zero-order valence-corrected chi connectivity index (χ0v) is 16.1. The summed E-state index contributed by atoms with van der Waals surface area (Å²) in [6.07, 6.45) is 13.6. The Kier molecular flexibility index (Phi) is 8.85. The molecule has 0 spiro atoms. The van der Waals surface area contributed by atoms with Crippen LogP contribution in [0.25, 0.3) is 0 Å². The van der Waals surface area contributed by atoms with Crippen LogP contribution in [-0.4, -0.2) is 18.1 Å². The number of carbonyl (C=O) groups excluding carboxylic acids is 1. The van der Waals surface area contributed by atoms with E-state index in [9.17, 15) is 4.79 Å². The first-order valence-electron chi connectivity index (χ1n) is 10.2. The van der Waals surface area contributed by atoms with Crippen LogP contribution in [0.1, 0.15) is 83.1 Å². The van der Waals surface area contributed by atoms with Gasteiger partial charge in [0.15, 0.2) is 6.10 Å². The number of hydrogen-bond acceptors (Lipinski definition) is 2. The molecule has 1 atom stereocenters. The van der Waals surface area contributed by atoms with E-state index in [0.29, 0.717) is 6.04 Å². The Hall–Kier alpha value is -1.51. The van der Waals surface area contributed by atoms with Crippen molar-refractivity contribution in [3.8, 4) is 5.75 Å². The molecular formula is C22H35NO2. The Morgan fingerprint density at radius 2 is 1.40 bits per heavy atom. The van der Waals surface area contributed by atoms with Crippen molar-refractivity contribution in [2.45, 2.75) is 96.6 Å². The molecule has 0 aromatic heterocycles. The van der Waals surface area contributed by atoms with Crippen LogP contribution in [0.15, 0.2) is 24.3 Å². The summed E-state index contributed by atoms with van der Waals surface area (Å²) in [7, 11) is 0. The SMILES string of the molecule is Cc1ccc(OC(C)C(=O)NC2CCCCCCCCCCC2)cc1. The van der Waals surface area contributed by atoms with Crippen LogP contribution in [0, 0.1) is 6.92 Å². The average molecular weight is 346 g/mol. The third-order valence-corrected chi connectivity index (χ3v) is 5.15. The fraction of sp³-hybridized carbons (Fsp3) is 0.682. The van der Waals surface area contributed by atoms with E-state index < -0.39 is 6.10 Å². The lowest BCUT2D eigenvalue weighted by molar-refractivity contribution is -0.128. The van der Waals surface area contributed by atoms with Crippen LogP contribution < -0.4 is 10.1 Å².